The molecule has 0 saturated carbocycles. The highest BCUT2D eigenvalue weighted by Gasteiger charge is 2.23. The van der Waals surface area contributed by atoms with E-state index in [1.54, 1.807) is 6.08 Å². The van der Waals surface area contributed by atoms with Gasteiger partial charge in [-0.25, -0.2) is 0 Å². The Hall–Kier alpha value is -1.02. The van der Waals surface area contributed by atoms with Crippen molar-refractivity contribution in [3.63, 3.8) is 0 Å². The van der Waals surface area contributed by atoms with Gasteiger partial charge in [-0.2, -0.15) is 0 Å². The SMILES string of the molecule is CCCCCCCC/C=C\CCCCCCCCCC(=O)NC(COP(=O)([O-])OCC[N+](C)(C)C)C(O)/C=C/CCCCCCCCCCCCC. The number of likely N-dealkylation sites (N-methyl/N-ethyl adjacent to an activating group) is 1. The maximum atomic E-state index is 12.8. The minimum atomic E-state index is -4.58. The molecule has 9 heteroatoms. The molecule has 0 aliphatic heterocycles. The molecule has 0 aromatic rings. The van der Waals surface area contributed by atoms with Crippen LogP contribution in [0.15, 0.2) is 24.3 Å². The van der Waals surface area contributed by atoms with Crippen LogP contribution in [0.25, 0.3) is 0 Å². The lowest BCUT2D eigenvalue weighted by Gasteiger charge is -2.29. The van der Waals surface area contributed by atoms with Crippen molar-refractivity contribution in [1.82, 2.24) is 5.32 Å². The zero-order valence-corrected chi connectivity index (χ0v) is 35.7. The fourth-order valence-electron chi connectivity index (χ4n) is 6.15. The number of phosphoric ester groups is 1. The van der Waals surface area contributed by atoms with E-state index >= 15 is 0 Å². The number of aliphatic hydroxyl groups excluding tert-OH is 1. The Morgan fingerprint density at radius 1 is 0.654 bits per heavy atom. The highest BCUT2D eigenvalue weighted by atomic mass is 31.2. The van der Waals surface area contributed by atoms with Gasteiger partial charge < -0.3 is 28.8 Å². The van der Waals surface area contributed by atoms with Crippen LogP contribution in [-0.2, 0) is 18.4 Å². The Balaban J connectivity index is 4.43. The second kappa shape index (κ2) is 35.7. The Morgan fingerprint density at radius 2 is 1.06 bits per heavy atom. The number of rotatable bonds is 39. The number of quaternary nitrogens is 1. The second-order valence-electron chi connectivity index (χ2n) is 16.0. The van der Waals surface area contributed by atoms with Gasteiger partial charge in [-0.1, -0.05) is 167 Å². The topological polar surface area (TPSA) is 108 Å². The average Bonchev–Trinajstić information content (AvgIpc) is 3.09. The molecule has 0 saturated heterocycles. The molecule has 308 valence electrons. The third-order valence-corrected chi connectivity index (χ3v) is 10.6. The summed E-state index contributed by atoms with van der Waals surface area (Å²) in [5, 5.41) is 13.7. The molecule has 0 aromatic carbocycles. The van der Waals surface area contributed by atoms with E-state index in [1.165, 1.54) is 135 Å². The largest absolute Gasteiger partial charge is 0.756 e. The molecule has 0 fully saturated rings. The van der Waals surface area contributed by atoms with Crippen molar-refractivity contribution in [1.29, 1.82) is 0 Å². The van der Waals surface area contributed by atoms with E-state index in [0.717, 1.165) is 38.5 Å². The molecule has 3 unspecified atom stereocenters. The van der Waals surface area contributed by atoms with Gasteiger partial charge in [0.15, 0.2) is 0 Å². The van der Waals surface area contributed by atoms with E-state index < -0.39 is 20.0 Å². The first-order valence-electron chi connectivity index (χ1n) is 21.7. The molecule has 0 aliphatic rings. The lowest BCUT2D eigenvalue weighted by Crippen LogP contribution is -2.45. The molecule has 2 N–H and O–H groups in total. The number of carbonyl (C=O) groups excluding carboxylic acids is 1. The number of nitrogens with one attached hydrogen (secondary N) is 1. The van der Waals surface area contributed by atoms with Crippen molar-refractivity contribution in [2.75, 3.05) is 40.9 Å². The molecule has 0 spiro atoms. The predicted molar refractivity (Wildman–Crippen MR) is 219 cm³/mol. The Bertz CT molecular complexity index is 907. The molecule has 3 atom stereocenters. The van der Waals surface area contributed by atoms with E-state index in [4.69, 9.17) is 9.05 Å². The van der Waals surface area contributed by atoms with Gasteiger partial charge in [0.05, 0.1) is 39.9 Å². The van der Waals surface area contributed by atoms with Crippen LogP contribution in [0, 0.1) is 0 Å². The normalized spacial score (nSPS) is 14.7. The number of carbonyl (C=O) groups is 1. The fraction of sp³-hybridized carbons (Fsp3) is 0.884. The molecule has 0 bridgehead atoms. The van der Waals surface area contributed by atoms with Gasteiger partial charge in [0.2, 0.25) is 5.91 Å². The molecule has 0 heterocycles. The third kappa shape index (κ3) is 37.3. The smallest absolute Gasteiger partial charge is 0.268 e. The number of unbranched alkanes of at least 4 members (excludes halogenated alkanes) is 24. The highest BCUT2D eigenvalue weighted by molar-refractivity contribution is 7.45. The Kier molecular flexibility index (Phi) is 35.0. The molecule has 52 heavy (non-hydrogen) atoms. The number of hydrogen-bond donors (Lipinski definition) is 2. The first-order chi connectivity index (χ1) is 25.0. The number of phosphoric acid groups is 1. The van der Waals surface area contributed by atoms with E-state index in [2.05, 4.69) is 31.3 Å². The van der Waals surface area contributed by atoms with Gasteiger partial charge >= 0.3 is 0 Å². The third-order valence-electron chi connectivity index (χ3n) is 9.66. The summed E-state index contributed by atoms with van der Waals surface area (Å²) in [7, 11) is 1.26. The van der Waals surface area contributed by atoms with E-state index in [1.807, 2.05) is 27.2 Å². The Labute approximate surface area is 322 Å². The summed E-state index contributed by atoms with van der Waals surface area (Å²) in [4.78, 5) is 25.2. The van der Waals surface area contributed by atoms with Gasteiger partial charge in [0.25, 0.3) is 7.82 Å². The number of nitrogens with zero attached hydrogens (tertiary/aromatic N) is 1. The van der Waals surface area contributed by atoms with Crippen molar-refractivity contribution in [3.05, 3.63) is 24.3 Å². The van der Waals surface area contributed by atoms with Crippen molar-refractivity contribution in [2.24, 2.45) is 0 Å². The summed E-state index contributed by atoms with van der Waals surface area (Å²) in [5.74, 6) is -0.203. The van der Waals surface area contributed by atoms with Crippen LogP contribution in [0.3, 0.4) is 0 Å². The summed E-state index contributed by atoms with van der Waals surface area (Å²) in [5.41, 5.74) is 0. The van der Waals surface area contributed by atoms with Crippen LogP contribution < -0.4 is 10.2 Å². The summed E-state index contributed by atoms with van der Waals surface area (Å²) in [6.45, 7) is 4.63. The van der Waals surface area contributed by atoms with Crippen LogP contribution in [0.1, 0.15) is 194 Å². The highest BCUT2D eigenvalue weighted by Crippen LogP contribution is 2.38. The van der Waals surface area contributed by atoms with Gasteiger partial charge in [-0.3, -0.25) is 9.36 Å². The fourth-order valence-corrected chi connectivity index (χ4v) is 6.87. The summed E-state index contributed by atoms with van der Waals surface area (Å²) >= 11 is 0. The number of hydrogen-bond acceptors (Lipinski definition) is 6. The predicted octanol–water partition coefficient (Wildman–Crippen LogP) is 11.1. The van der Waals surface area contributed by atoms with Gasteiger partial charge in [-0.15, -0.1) is 0 Å². The molecule has 1 amide bonds. The van der Waals surface area contributed by atoms with Crippen LogP contribution in [0.4, 0.5) is 0 Å². The zero-order valence-electron chi connectivity index (χ0n) is 34.8. The molecule has 0 rings (SSSR count). The molecular weight excluding hydrogens is 671 g/mol. The number of allylic oxidation sites excluding steroid dienone is 3. The van der Waals surface area contributed by atoms with Crippen LogP contribution in [0.5, 0.6) is 0 Å². The lowest BCUT2D eigenvalue weighted by molar-refractivity contribution is -0.870. The number of amides is 1. The number of aliphatic hydroxyl groups is 1. The first-order valence-corrected chi connectivity index (χ1v) is 23.2. The van der Waals surface area contributed by atoms with Crippen molar-refractivity contribution < 1.29 is 32.9 Å². The quantitative estimate of drug-likeness (QED) is 0.0280. The van der Waals surface area contributed by atoms with Crippen molar-refractivity contribution in [2.45, 2.75) is 206 Å². The van der Waals surface area contributed by atoms with Gasteiger partial charge in [-0.05, 0) is 44.9 Å². The van der Waals surface area contributed by atoms with E-state index in [0.29, 0.717) is 17.4 Å². The van der Waals surface area contributed by atoms with Crippen LogP contribution in [0.2, 0.25) is 0 Å². The average molecular weight is 757 g/mol. The van der Waals surface area contributed by atoms with Crippen molar-refractivity contribution >= 4 is 13.7 Å². The maximum Gasteiger partial charge on any atom is 0.268 e. The summed E-state index contributed by atoms with van der Waals surface area (Å²) in [6, 6.07) is -0.884. The summed E-state index contributed by atoms with van der Waals surface area (Å²) in [6.07, 6.45) is 40.7. The summed E-state index contributed by atoms with van der Waals surface area (Å²) < 4.78 is 23.2. The molecule has 0 aromatic heterocycles. The molecule has 0 radical (unpaired) electrons. The van der Waals surface area contributed by atoms with Crippen molar-refractivity contribution in [3.8, 4) is 0 Å². The second-order valence-corrected chi connectivity index (χ2v) is 17.5. The van der Waals surface area contributed by atoms with Gasteiger partial charge in [0.1, 0.15) is 13.2 Å². The first kappa shape index (κ1) is 51.0. The molecule has 8 nitrogen and oxygen atoms in total. The lowest BCUT2D eigenvalue weighted by atomic mass is 10.0. The van der Waals surface area contributed by atoms with Crippen LogP contribution >= 0.6 is 7.82 Å². The van der Waals surface area contributed by atoms with Gasteiger partial charge in [0, 0.05) is 6.42 Å². The zero-order chi connectivity index (χ0) is 38.6. The molecular formula is C43H85N2O6P. The van der Waals surface area contributed by atoms with E-state index in [9.17, 15) is 19.4 Å². The minimum absolute atomic E-state index is 0.000917. The minimum Gasteiger partial charge on any atom is -0.756 e. The van der Waals surface area contributed by atoms with E-state index in [-0.39, 0.29) is 19.1 Å². The maximum absolute atomic E-state index is 12.8. The van der Waals surface area contributed by atoms with Crippen LogP contribution in [-0.4, -0.2) is 68.5 Å². The molecule has 0 aliphatic carbocycles. The monoisotopic (exact) mass is 757 g/mol. The standard InChI is InChI=1S/C43H85N2O6P/c1-6-8-10-12-14-16-18-20-21-22-23-25-27-29-31-33-35-37-43(47)44-41(40-51-52(48,49)50-39-38-45(3,4)5)42(46)36-34-32-30-28-26-24-19-17-15-13-11-9-7-2/h20-21,34,36,41-42,46H,6-19,22-33,35,37-40H2,1-5H3,(H-,44,47,48,49)/b21-20-,36-34+. The Morgan fingerprint density at radius 3 is 1.50 bits per heavy atom.